The summed E-state index contributed by atoms with van der Waals surface area (Å²) >= 11 is 7.50. The van der Waals surface area contributed by atoms with Crippen LogP contribution in [0.3, 0.4) is 0 Å². The van der Waals surface area contributed by atoms with E-state index in [1.807, 2.05) is 43.0 Å². The summed E-state index contributed by atoms with van der Waals surface area (Å²) in [7, 11) is 0. The number of carbonyl (C=O) groups is 1. The summed E-state index contributed by atoms with van der Waals surface area (Å²) in [6, 6.07) is 7.75. The quantitative estimate of drug-likeness (QED) is 0.570. The summed E-state index contributed by atoms with van der Waals surface area (Å²) in [6.45, 7) is 6.06. The number of nitrogens with zero attached hydrogens (tertiary/aromatic N) is 3. The molecule has 8 heteroatoms. The molecule has 0 saturated carbocycles. The lowest BCUT2D eigenvalue weighted by molar-refractivity contribution is 0.0702. The molecule has 158 valence electrons. The van der Waals surface area contributed by atoms with Crippen LogP contribution in [0.1, 0.15) is 58.3 Å². The molecule has 1 atom stereocenters. The van der Waals surface area contributed by atoms with Gasteiger partial charge in [0.05, 0.1) is 17.8 Å². The fraction of sp³-hybridized carbons (Fsp3) is 0.409. The Morgan fingerprint density at radius 2 is 2.30 bits per heavy atom. The maximum absolute atomic E-state index is 13.1. The minimum atomic E-state index is 0.0459. The van der Waals surface area contributed by atoms with E-state index < -0.39 is 0 Å². The second kappa shape index (κ2) is 9.18. The Kier molecular flexibility index (Phi) is 6.39. The Morgan fingerprint density at radius 3 is 3.10 bits per heavy atom. The van der Waals surface area contributed by atoms with E-state index in [9.17, 15) is 4.79 Å². The normalized spacial score (nSPS) is 16.6. The van der Waals surface area contributed by atoms with Crippen LogP contribution in [0.25, 0.3) is 0 Å². The number of hydrogen-bond acceptors (Lipinski definition) is 6. The van der Waals surface area contributed by atoms with Gasteiger partial charge in [0.15, 0.2) is 11.0 Å². The molecule has 0 unspecified atom stereocenters. The number of rotatable bonds is 6. The molecule has 0 spiro atoms. The van der Waals surface area contributed by atoms with Crippen LogP contribution < -0.4 is 5.32 Å². The Morgan fingerprint density at radius 1 is 1.43 bits per heavy atom. The lowest BCUT2D eigenvalue weighted by Gasteiger charge is -2.31. The molecule has 1 aromatic carbocycles. The number of benzene rings is 1. The molecule has 3 aromatic rings. The Hall–Kier alpha value is -2.38. The van der Waals surface area contributed by atoms with Crippen molar-refractivity contribution in [3.8, 4) is 0 Å². The first kappa shape index (κ1) is 20.9. The summed E-state index contributed by atoms with van der Waals surface area (Å²) in [6.07, 6.45) is 4.33. The van der Waals surface area contributed by atoms with Gasteiger partial charge >= 0.3 is 0 Å². The maximum Gasteiger partial charge on any atom is 0.265 e. The number of hydrogen-bond donors (Lipinski definition) is 1. The molecule has 1 saturated heterocycles. The molecule has 6 nitrogen and oxygen atoms in total. The number of carbonyl (C=O) groups excluding carboxylic acids is 1. The van der Waals surface area contributed by atoms with Gasteiger partial charge in [0.1, 0.15) is 10.6 Å². The third-order valence-corrected chi connectivity index (χ3v) is 6.55. The number of aromatic nitrogens is 2. The zero-order chi connectivity index (χ0) is 21.1. The third-order valence-electron chi connectivity index (χ3n) is 5.22. The van der Waals surface area contributed by atoms with Crippen molar-refractivity contribution in [3.05, 3.63) is 63.3 Å². The van der Waals surface area contributed by atoms with E-state index in [1.54, 1.807) is 6.20 Å². The van der Waals surface area contributed by atoms with Crippen molar-refractivity contribution < 1.29 is 9.21 Å². The highest BCUT2D eigenvalue weighted by atomic mass is 35.5. The highest BCUT2D eigenvalue weighted by Gasteiger charge is 2.30. The van der Waals surface area contributed by atoms with Crippen LogP contribution >= 0.6 is 22.9 Å². The number of nitrogens with one attached hydrogen (secondary N) is 1. The molecule has 1 aliphatic heterocycles. The molecule has 0 aliphatic carbocycles. The predicted octanol–water partition coefficient (Wildman–Crippen LogP) is 5.14. The van der Waals surface area contributed by atoms with E-state index >= 15 is 0 Å². The molecular formula is C22H25ClN4O2S. The molecule has 0 radical (unpaired) electrons. The standard InChI is InChI=1S/C22H25ClN4O2S/c1-3-24-22-26-14(2)19(30-22)21(28)27-9-5-7-16(13-27)20-25-12-18(29-20)11-15-6-4-8-17(23)10-15/h4,6,8,10,12,16H,3,5,7,9,11,13H2,1-2H3,(H,24,26)/t16-/m1/s1. The number of likely N-dealkylation sites (tertiary alicyclic amines) is 1. The predicted molar refractivity (Wildman–Crippen MR) is 120 cm³/mol. The summed E-state index contributed by atoms with van der Waals surface area (Å²) < 4.78 is 6.05. The SMILES string of the molecule is CCNc1nc(C)c(C(=O)N2CCC[C@@H](c3ncc(Cc4cccc(Cl)c4)o3)C2)s1. The van der Waals surface area contributed by atoms with Crippen molar-refractivity contribution in [3.63, 3.8) is 0 Å². The van der Waals surface area contributed by atoms with Crippen LogP contribution in [-0.4, -0.2) is 40.4 Å². The van der Waals surface area contributed by atoms with Gasteiger partial charge in [-0.2, -0.15) is 0 Å². The molecule has 2 aromatic heterocycles. The number of aryl methyl sites for hydroxylation is 1. The Balaban J connectivity index is 1.44. The lowest BCUT2D eigenvalue weighted by atomic mass is 9.98. The molecule has 0 bridgehead atoms. The summed E-state index contributed by atoms with van der Waals surface area (Å²) in [5, 5.41) is 4.70. The molecule has 1 aliphatic rings. The van der Waals surface area contributed by atoms with Gasteiger partial charge in [-0.25, -0.2) is 9.97 Å². The second-order valence-electron chi connectivity index (χ2n) is 7.53. The average Bonchev–Trinajstić information content (AvgIpc) is 3.34. The van der Waals surface area contributed by atoms with Crippen LogP contribution in [0.5, 0.6) is 0 Å². The van der Waals surface area contributed by atoms with Crippen molar-refractivity contribution in [2.24, 2.45) is 0 Å². The zero-order valence-corrected chi connectivity index (χ0v) is 18.7. The van der Waals surface area contributed by atoms with Crippen LogP contribution in [0.4, 0.5) is 5.13 Å². The van der Waals surface area contributed by atoms with E-state index in [0.29, 0.717) is 28.8 Å². The number of piperidine rings is 1. The van der Waals surface area contributed by atoms with Crippen LogP contribution in [0.15, 0.2) is 34.9 Å². The first-order chi connectivity index (χ1) is 14.5. The molecule has 1 amide bonds. The van der Waals surface area contributed by atoms with Gasteiger partial charge in [0, 0.05) is 31.1 Å². The average molecular weight is 445 g/mol. The minimum absolute atomic E-state index is 0.0459. The maximum atomic E-state index is 13.1. The van der Waals surface area contributed by atoms with Gasteiger partial charge < -0.3 is 14.6 Å². The Labute approximate surface area is 185 Å². The molecule has 1 N–H and O–H groups in total. The fourth-order valence-electron chi connectivity index (χ4n) is 3.77. The first-order valence-electron chi connectivity index (χ1n) is 10.2. The molecule has 1 fully saturated rings. The van der Waals surface area contributed by atoms with Crippen molar-refractivity contribution in [1.29, 1.82) is 0 Å². The fourth-order valence-corrected chi connectivity index (χ4v) is 4.98. The van der Waals surface area contributed by atoms with E-state index in [1.165, 1.54) is 11.3 Å². The molecular weight excluding hydrogens is 420 g/mol. The summed E-state index contributed by atoms with van der Waals surface area (Å²) in [5.41, 5.74) is 1.87. The highest BCUT2D eigenvalue weighted by Crippen LogP contribution is 2.30. The zero-order valence-electron chi connectivity index (χ0n) is 17.2. The summed E-state index contributed by atoms with van der Waals surface area (Å²) in [4.78, 5) is 24.7. The molecule has 30 heavy (non-hydrogen) atoms. The van der Waals surface area contributed by atoms with Crippen molar-refractivity contribution >= 4 is 34.0 Å². The Bertz CT molecular complexity index is 1030. The number of amides is 1. The minimum Gasteiger partial charge on any atom is -0.445 e. The van der Waals surface area contributed by atoms with Crippen LogP contribution in [0, 0.1) is 6.92 Å². The van der Waals surface area contributed by atoms with Gasteiger partial charge in [-0.3, -0.25) is 4.79 Å². The van der Waals surface area contributed by atoms with Gasteiger partial charge in [-0.15, -0.1) is 0 Å². The third kappa shape index (κ3) is 4.68. The van der Waals surface area contributed by atoms with E-state index in [-0.39, 0.29) is 11.8 Å². The largest absolute Gasteiger partial charge is 0.445 e. The number of oxazole rings is 1. The number of halogens is 1. The number of thiazole rings is 1. The van der Waals surface area contributed by atoms with Crippen molar-refractivity contribution in [2.75, 3.05) is 25.0 Å². The van der Waals surface area contributed by atoms with Gasteiger partial charge in [0.25, 0.3) is 5.91 Å². The van der Waals surface area contributed by atoms with Crippen molar-refractivity contribution in [1.82, 2.24) is 14.9 Å². The molecule has 3 heterocycles. The smallest absolute Gasteiger partial charge is 0.265 e. The lowest BCUT2D eigenvalue weighted by Crippen LogP contribution is -2.39. The van der Waals surface area contributed by atoms with Gasteiger partial charge in [-0.05, 0) is 44.4 Å². The molecule has 4 rings (SSSR count). The highest BCUT2D eigenvalue weighted by molar-refractivity contribution is 7.17. The van der Waals surface area contributed by atoms with Gasteiger partial charge in [-0.1, -0.05) is 35.1 Å². The van der Waals surface area contributed by atoms with Crippen LogP contribution in [-0.2, 0) is 6.42 Å². The monoisotopic (exact) mass is 444 g/mol. The van der Waals surface area contributed by atoms with Crippen LogP contribution in [0.2, 0.25) is 5.02 Å². The van der Waals surface area contributed by atoms with Gasteiger partial charge in [0.2, 0.25) is 0 Å². The van der Waals surface area contributed by atoms with E-state index in [4.69, 9.17) is 16.0 Å². The summed E-state index contributed by atoms with van der Waals surface area (Å²) in [5.74, 6) is 1.67. The second-order valence-corrected chi connectivity index (χ2v) is 8.96. The van der Waals surface area contributed by atoms with E-state index in [2.05, 4.69) is 15.3 Å². The number of anilines is 1. The van der Waals surface area contributed by atoms with Crippen molar-refractivity contribution in [2.45, 2.75) is 39.0 Å². The van der Waals surface area contributed by atoms with E-state index in [0.717, 1.165) is 48.1 Å². The first-order valence-corrected chi connectivity index (χ1v) is 11.4. The topological polar surface area (TPSA) is 71.3 Å².